The van der Waals surface area contributed by atoms with Crippen molar-refractivity contribution in [2.24, 2.45) is 0 Å². The monoisotopic (exact) mass is 307 g/mol. The smallest absolute Gasteiger partial charge is 0.120 e. The summed E-state index contributed by atoms with van der Waals surface area (Å²) in [6, 6.07) is 6.01. The molecule has 2 rings (SSSR count). The Balaban J connectivity index is 2.47. The number of aryl methyl sites for hydroxylation is 2. The van der Waals surface area contributed by atoms with E-state index in [-0.39, 0.29) is 0 Å². The molecule has 0 saturated heterocycles. The molecule has 3 heteroatoms. The van der Waals surface area contributed by atoms with Crippen LogP contribution in [0.1, 0.15) is 39.7 Å². The Morgan fingerprint density at radius 1 is 1.11 bits per heavy atom. The van der Waals surface area contributed by atoms with Gasteiger partial charge in [-0.25, -0.2) is 0 Å². The number of halogens is 1. The first-order chi connectivity index (χ1) is 8.41. The highest BCUT2D eigenvalue weighted by Crippen LogP contribution is 2.32. The van der Waals surface area contributed by atoms with Crippen molar-refractivity contribution in [1.82, 2.24) is 4.98 Å². The summed E-state index contributed by atoms with van der Waals surface area (Å²) in [4.78, 5) is 3.28. The van der Waals surface area contributed by atoms with Crippen molar-refractivity contribution in [3.05, 3.63) is 56.3 Å². The summed E-state index contributed by atoms with van der Waals surface area (Å²) in [6.07, 6.45) is -0.618. The molecule has 1 aromatic carbocycles. The average Bonchev–Trinajstić information content (AvgIpc) is 2.56. The van der Waals surface area contributed by atoms with Gasteiger partial charge in [-0.2, -0.15) is 0 Å². The van der Waals surface area contributed by atoms with Crippen LogP contribution < -0.4 is 0 Å². The van der Waals surface area contributed by atoms with Crippen molar-refractivity contribution < 1.29 is 5.11 Å². The summed E-state index contributed by atoms with van der Waals surface area (Å²) in [5, 5.41) is 10.5. The van der Waals surface area contributed by atoms with Crippen LogP contribution in [-0.4, -0.2) is 10.1 Å². The van der Waals surface area contributed by atoms with E-state index in [4.69, 9.17) is 0 Å². The Bertz CT molecular complexity index is 586. The van der Waals surface area contributed by atoms with Gasteiger partial charge in [0.15, 0.2) is 0 Å². The Kier molecular flexibility index (Phi) is 3.64. The molecule has 18 heavy (non-hydrogen) atoms. The molecule has 0 radical (unpaired) electrons. The minimum absolute atomic E-state index is 0.618. The zero-order chi connectivity index (χ0) is 13.4. The van der Waals surface area contributed by atoms with E-state index in [1.807, 2.05) is 39.0 Å². The average molecular weight is 308 g/mol. The second-order valence-corrected chi connectivity index (χ2v) is 5.70. The van der Waals surface area contributed by atoms with Gasteiger partial charge in [-0.15, -0.1) is 0 Å². The predicted molar refractivity (Wildman–Crippen MR) is 77.9 cm³/mol. The van der Waals surface area contributed by atoms with E-state index in [0.29, 0.717) is 0 Å². The molecule has 1 unspecified atom stereocenters. The van der Waals surface area contributed by atoms with Gasteiger partial charge >= 0.3 is 0 Å². The molecule has 0 aliphatic carbocycles. The number of rotatable bonds is 2. The van der Waals surface area contributed by atoms with Crippen LogP contribution in [-0.2, 0) is 0 Å². The molecular formula is C15H18BrNO. The highest BCUT2D eigenvalue weighted by molar-refractivity contribution is 9.10. The number of benzene rings is 1. The third-order valence-electron chi connectivity index (χ3n) is 3.58. The van der Waals surface area contributed by atoms with Gasteiger partial charge in [0.1, 0.15) is 6.10 Å². The Labute approximate surface area is 116 Å². The van der Waals surface area contributed by atoms with Gasteiger partial charge < -0.3 is 10.1 Å². The maximum Gasteiger partial charge on any atom is 0.120 e. The van der Waals surface area contributed by atoms with Gasteiger partial charge in [-0.3, -0.25) is 0 Å². The lowest BCUT2D eigenvalue weighted by Gasteiger charge is -2.13. The number of aromatic amines is 1. The summed E-state index contributed by atoms with van der Waals surface area (Å²) in [7, 11) is 0. The van der Waals surface area contributed by atoms with Crippen LogP contribution in [0.25, 0.3) is 0 Å². The lowest BCUT2D eigenvalue weighted by atomic mass is 10.0. The molecule has 1 atom stereocenters. The van der Waals surface area contributed by atoms with Crippen LogP contribution in [0.5, 0.6) is 0 Å². The van der Waals surface area contributed by atoms with Crippen molar-refractivity contribution in [2.75, 3.05) is 0 Å². The van der Waals surface area contributed by atoms with Gasteiger partial charge in [-0.1, -0.05) is 28.1 Å². The van der Waals surface area contributed by atoms with E-state index < -0.39 is 6.10 Å². The Hall–Kier alpha value is -1.06. The number of H-pyrrole nitrogens is 1. The zero-order valence-corrected chi connectivity index (χ0v) is 12.7. The molecule has 0 spiro atoms. The highest BCUT2D eigenvalue weighted by Gasteiger charge is 2.19. The van der Waals surface area contributed by atoms with Crippen molar-refractivity contribution >= 4 is 15.9 Å². The molecule has 0 amide bonds. The first kappa shape index (κ1) is 13.4. The summed E-state index contributed by atoms with van der Waals surface area (Å²) in [5.41, 5.74) is 6.41. The van der Waals surface area contributed by atoms with E-state index in [0.717, 1.165) is 27.0 Å². The molecule has 2 aromatic rings. The van der Waals surface area contributed by atoms with Gasteiger partial charge in [0.2, 0.25) is 0 Å². The zero-order valence-electron chi connectivity index (χ0n) is 11.1. The largest absolute Gasteiger partial charge is 0.382 e. The summed E-state index contributed by atoms with van der Waals surface area (Å²) in [6.45, 7) is 8.18. The van der Waals surface area contributed by atoms with Gasteiger partial charge in [-0.05, 0) is 50.5 Å². The van der Waals surface area contributed by atoms with Crippen molar-refractivity contribution in [3.63, 3.8) is 0 Å². The fraction of sp³-hybridized carbons (Fsp3) is 0.333. The number of aliphatic hydroxyl groups excluding tert-OH is 1. The number of aliphatic hydroxyl groups is 1. The van der Waals surface area contributed by atoms with E-state index >= 15 is 0 Å². The maximum atomic E-state index is 10.5. The standard InChI is InChI=1S/C15H18BrNO/c1-8-5-6-12(13(16)7-8)15(18)14-10(3)9(2)11(4)17-14/h5-7,15,17-18H,1-4H3. The minimum atomic E-state index is -0.618. The van der Waals surface area contributed by atoms with Gasteiger partial charge in [0.25, 0.3) is 0 Å². The van der Waals surface area contributed by atoms with Crippen molar-refractivity contribution in [1.29, 1.82) is 0 Å². The predicted octanol–water partition coefficient (Wildman–Crippen LogP) is 4.09. The molecule has 2 N–H and O–H groups in total. The lowest BCUT2D eigenvalue weighted by molar-refractivity contribution is 0.214. The summed E-state index contributed by atoms with van der Waals surface area (Å²) < 4.78 is 0.944. The first-order valence-electron chi connectivity index (χ1n) is 6.01. The van der Waals surface area contributed by atoms with Crippen LogP contribution in [0.15, 0.2) is 22.7 Å². The maximum absolute atomic E-state index is 10.5. The van der Waals surface area contributed by atoms with Crippen LogP contribution >= 0.6 is 15.9 Å². The first-order valence-corrected chi connectivity index (χ1v) is 6.81. The second-order valence-electron chi connectivity index (χ2n) is 4.84. The van der Waals surface area contributed by atoms with E-state index in [9.17, 15) is 5.11 Å². The van der Waals surface area contributed by atoms with Gasteiger partial charge in [0.05, 0.1) is 5.69 Å². The second kappa shape index (κ2) is 4.90. The van der Waals surface area contributed by atoms with E-state index in [2.05, 4.69) is 27.8 Å². The van der Waals surface area contributed by atoms with Crippen molar-refractivity contribution in [3.8, 4) is 0 Å². The molecule has 0 aliphatic rings. The fourth-order valence-electron chi connectivity index (χ4n) is 2.16. The topological polar surface area (TPSA) is 36.0 Å². The number of hydrogen-bond donors (Lipinski definition) is 2. The third kappa shape index (κ3) is 2.25. The summed E-state index contributed by atoms with van der Waals surface area (Å²) >= 11 is 3.52. The minimum Gasteiger partial charge on any atom is -0.382 e. The fourth-order valence-corrected chi connectivity index (χ4v) is 2.87. The van der Waals surface area contributed by atoms with Crippen LogP contribution in [0.3, 0.4) is 0 Å². The quantitative estimate of drug-likeness (QED) is 0.861. The van der Waals surface area contributed by atoms with Crippen LogP contribution in [0, 0.1) is 27.7 Å². The SMILES string of the molecule is Cc1ccc(C(O)c2[nH]c(C)c(C)c2C)c(Br)c1. The molecule has 0 aliphatic heterocycles. The number of hydrogen-bond acceptors (Lipinski definition) is 1. The molecule has 0 fully saturated rings. The Morgan fingerprint density at radius 2 is 1.78 bits per heavy atom. The van der Waals surface area contributed by atoms with E-state index in [1.54, 1.807) is 0 Å². The lowest BCUT2D eigenvalue weighted by Crippen LogP contribution is -2.03. The third-order valence-corrected chi connectivity index (χ3v) is 4.26. The van der Waals surface area contributed by atoms with Crippen molar-refractivity contribution in [2.45, 2.75) is 33.8 Å². The molecule has 1 aromatic heterocycles. The normalized spacial score (nSPS) is 12.8. The number of aromatic nitrogens is 1. The molecular weight excluding hydrogens is 290 g/mol. The molecule has 0 saturated carbocycles. The highest BCUT2D eigenvalue weighted by atomic mass is 79.9. The number of nitrogens with one attached hydrogen (secondary N) is 1. The summed E-state index contributed by atoms with van der Waals surface area (Å²) in [5.74, 6) is 0. The van der Waals surface area contributed by atoms with Crippen LogP contribution in [0.4, 0.5) is 0 Å². The van der Waals surface area contributed by atoms with Gasteiger partial charge in [0, 0.05) is 15.7 Å². The molecule has 96 valence electrons. The molecule has 2 nitrogen and oxygen atoms in total. The van der Waals surface area contributed by atoms with Crippen LogP contribution in [0.2, 0.25) is 0 Å². The molecule has 0 bridgehead atoms. The van der Waals surface area contributed by atoms with E-state index in [1.165, 1.54) is 11.1 Å². The Morgan fingerprint density at radius 3 is 2.28 bits per heavy atom. The molecule has 1 heterocycles.